The lowest BCUT2D eigenvalue weighted by molar-refractivity contribution is 0.0172. The summed E-state index contributed by atoms with van der Waals surface area (Å²) in [5.74, 6) is 0.652. The first-order chi connectivity index (χ1) is 11.3. The molecule has 1 aliphatic rings. The third kappa shape index (κ3) is 2.83. The van der Waals surface area contributed by atoms with Gasteiger partial charge in [-0.1, -0.05) is 6.07 Å². The molecular formula is C16H14N4O2S. The first-order valence-corrected chi connectivity index (χ1v) is 8.13. The van der Waals surface area contributed by atoms with Gasteiger partial charge in [0, 0.05) is 6.20 Å². The Morgan fingerprint density at radius 1 is 1.35 bits per heavy atom. The van der Waals surface area contributed by atoms with E-state index in [-0.39, 0.29) is 12.0 Å². The van der Waals surface area contributed by atoms with Gasteiger partial charge in [-0.15, -0.1) is 11.3 Å². The number of amides is 1. The average Bonchev–Trinajstić information content (AvgIpc) is 3.21. The Balaban J connectivity index is 1.36. The fraction of sp³-hybridized carbons (Fsp3) is 0.188. The summed E-state index contributed by atoms with van der Waals surface area (Å²) in [6, 6.07) is 9.45. The molecule has 4 rings (SSSR count). The van der Waals surface area contributed by atoms with Crippen molar-refractivity contribution in [3.05, 3.63) is 53.8 Å². The second kappa shape index (κ2) is 5.85. The van der Waals surface area contributed by atoms with Crippen LogP contribution in [0, 0.1) is 0 Å². The van der Waals surface area contributed by atoms with Crippen molar-refractivity contribution in [2.75, 3.05) is 13.1 Å². The van der Waals surface area contributed by atoms with Crippen molar-refractivity contribution in [1.82, 2.24) is 20.1 Å². The molecule has 0 atom stereocenters. The van der Waals surface area contributed by atoms with Crippen LogP contribution < -0.4 is 4.74 Å². The monoisotopic (exact) mass is 326 g/mol. The zero-order valence-electron chi connectivity index (χ0n) is 12.2. The van der Waals surface area contributed by atoms with Crippen LogP contribution in [0.5, 0.6) is 5.75 Å². The lowest BCUT2D eigenvalue weighted by Crippen LogP contribution is -2.56. The Bertz CT molecular complexity index is 795. The third-order valence-corrected chi connectivity index (χ3v) is 4.56. The molecule has 0 spiro atoms. The van der Waals surface area contributed by atoms with Crippen LogP contribution in [0.3, 0.4) is 0 Å². The SMILES string of the molecule is O=C(c1cc(-c2cccs2)[nH]n1)N1CC(Oc2cccnc2)C1. The van der Waals surface area contributed by atoms with E-state index in [2.05, 4.69) is 15.2 Å². The molecule has 0 radical (unpaired) electrons. The number of thiophene rings is 1. The Morgan fingerprint density at radius 3 is 3.00 bits per heavy atom. The number of ether oxygens (including phenoxy) is 1. The molecule has 4 heterocycles. The standard InChI is InChI=1S/C16H14N4O2S/c21-16(14-7-13(18-19-14)15-4-2-6-23-15)20-9-12(10-20)22-11-3-1-5-17-8-11/h1-8,12H,9-10H2,(H,18,19). The maximum Gasteiger partial charge on any atom is 0.274 e. The lowest BCUT2D eigenvalue weighted by Gasteiger charge is -2.38. The van der Waals surface area contributed by atoms with E-state index in [1.165, 1.54) is 0 Å². The van der Waals surface area contributed by atoms with Gasteiger partial charge in [-0.2, -0.15) is 5.10 Å². The Hall–Kier alpha value is -2.67. The number of hydrogen-bond acceptors (Lipinski definition) is 5. The van der Waals surface area contributed by atoms with Crippen LogP contribution in [0.25, 0.3) is 10.6 Å². The molecule has 0 saturated carbocycles. The highest BCUT2D eigenvalue weighted by Gasteiger charge is 2.34. The van der Waals surface area contributed by atoms with E-state index in [1.54, 1.807) is 34.7 Å². The van der Waals surface area contributed by atoms with E-state index in [9.17, 15) is 4.79 Å². The van der Waals surface area contributed by atoms with Gasteiger partial charge in [-0.25, -0.2) is 0 Å². The van der Waals surface area contributed by atoms with Crippen molar-refractivity contribution in [3.63, 3.8) is 0 Å². The molecule has 1 N–H and O–H groups in total. The van der Waals surface area contributed by atoms with Crippen molar-refractivity contribution >= 4 is 17.2 Å². The highest BCUT2D eigenvalue weighted by Crippen LogP contribution is 2.24. The average molecular weight is 326 g/mol. The third-order valence-electron chi connectivity index (χ3n) is 3.66. The summed E-state index contributed by atoms with van der Waals surface area (Å²) >= 11 is 1.61. The number of carbonyl (C=O) groups is 1. The lowest BCUT2D eigenvalue weighted by atomic mass is 10.1. The number of aromatic amines is 1. The van der Waals surface area contributed by atoms with Gasteiger partial charge in [-0.05, 0) is 29.6 Å². The number of carbonyl (C=O) groups excluding carboxylic acids is 1. The minimum atomic E-state index is -0.0740. The largest absolute Gasteiger partial charge is 0.485 e. The zero-order chi connectivity index (χ0) is 15.6. The van der Waals surface area contributed by atoms with Crippen LogP contribution in [0.1, 0.15) is 10.5 Å². The van der Waals surface area contributed by atoms with Gasteiger partial charge in [0.1, 0.15) is 11.9 Å². The summed E-state index contributed by atoms with van der Waals surface area (Å²) in [5.41, 5.74) is 1.31. The molecule has 3 aromatic rings. The predicted octanol–water partition coefficient (Wildman–Crippen LogP) is 2.44. The first kappa shape index (κ1) is 14.0. The van der Waals surface area contributed by atoms with Crippen molar-refractivity contribution in [2.24, 2.45) is 0 Å². The van der Waals surface area contributed by atoms with E-state index < -0.39 is 0 Å². The number of H-pyrrole nitrogens is 1. The van der Waals surface area contributed by atoms with E-state index in [4.69, 9.17) is 4.74 Å². The summed E-state index contributed by atoms with van der Waals surface area (Å²) in [6.07, 6.45) is 3.39. The fourth-order valence-electron chi connectivity index (χ4n) is 2.44. The molecule has 116 valence electrons. The molecule has 0 aliphatic carbocycles. The van der Waals surface area contributed by atoms with Crippen LogP contribution in [0.15, 0.2) is 48.1 Å². The first-order valence-electron chi connectivity index (χ1n) is 7.25. The minimum Gasteiger partial charge on any atom is -0.485 e. The molecule has 0 unspecified atom stereocenters. The second-order valence-electron chi connectivity index (χ2n) is 5.28. The van der Waals surface area contributed by atoms with Crippen molar-refractivity contribution in [1.29, 1.82) is 0 Å². The zero-order valence-corrected chi connectivity index (χ0v) is 13.0. The molecule has 1 amide bonds. The fourth-order valence-corrected chi connectivity index (χ4v) is 3.13. The van der Waals surface area contributed by atoms with Gasteiger partial charge in [0.15, 0.2) is 5.69 Å². The van der Waals surface area contributed by atoms with Gasteiger partial charge in [-0.3, -0.25) is 14.9 Å². The maximum absolute atomic E-state index is 12.4. The molecule has 23 heavy (non-hydrogen) atoms. The van der Waals surface area contributed by atoms with Crippen LogP contribution in [0.4, 0.5) is 0 Å². The highest BCUT2D eigenvalue weighted by atomic mass is 32.1. The highest BCUT2D eigenvalue weighted by molar-refractivity contribution is 7.13. The molecule has 1 aliphatic heterocycles. The Morgan fingerprint density at radius 2 is 2.26 bits per heavy atom. The van der Waals surface area contributed by atoms with Gasteiger partial charge < -0.3 is 9.64 Å². The quantitative estimate of drug-likeness (QED) is 0.799. The van der Waals surface area contributed by atoms with E-state index >= 15 is 0 Å². The number of likely N-dealkylation sites (tertiary alicyclic amines) is 1. The topological polar surface area (TPSA) is 71.1 Å². The predicted molar refractivity (Wildman–Crippen MR) is 86.5 cm³/mol. The molecule has 1 saturated heterocycles. The molecule has 0 bridgehead atoms. The van der Waals surface area contributed by atoms with Crippen molar-refractivity contribution in [2.45, 2.75) is 6.10 Å². The van der Waals surface area contributed by atoms with Crippen LogP contribution >= 0.6 is 11.3 Å². The van der Waals surface area contributed by atoms with E-state index in [0.717, 1.165) is 16.3 Å². The van der Waals surface area contributed by atoms with Crippen molar-refractivity contribution < 1.29 is 9.53 Å². The molecule has 0 aromatic carbocycles. The smallest absolute Gasteiger partial charge is 0.274 e. The number of nitrogens with zero attached hydrogens (tertiary/aromatic N) is 3. The van der Waals surface area contributed by atoms with E-state index in [1.807, 2.05) is 29.6 Å². The van der Waals surface area contributed by atoms with Gasteiger partial charge in [0.25, 0.3) is 5.91 Å². The van der Waals surface area contributed by atoms with Crippen LogP contribution in [-0.4, -0.2) is 45.2 Å². The summed E-state index contributed by atoms with van der Waals surface area (Å²) in [5, 5.41) is 9.03. The molecule has 1 fully saturated rings. The van der Waals surface area contributed by atoms with Crippen molar-refractivity contribution in [3.8, 4) is 16.3 Å². The number of nitrogens with one attached hydrogen (secondary N) is 1. The molecule has 7 heteroatoms. The summed E-state index contributed by atoms with van der Waals surface area (Å²) in [4.78, 5) is 19.2. The molecule has 6 nitrogen and oxygen atoms in total. The Kier molecular flexibility index (Phi) is 3.55. The number of rotatable bonds is 4. The maximum atomic E-state index is 12.4. The summed E-state index contributed by atoms with van der Waals surface area (Å²) in [6.45, 7) is 1.13. The summed E-state index contributed by atoms with van der Waals surface area (Å²) in [7, 11) is 0. The molecule has 3 aromatic heterocycles. The number of aromatic nitrogens is 3. The van der Waals surface area contributed by atoms with Gasteiger partial charge >= 0.3 is 0 Å². The van der Waals surface area contributed by atoms with E-state index in [0.29, 0.717) is 18.8 Å². The van der Waals surface area contributed by atoms with Crippen LogP contribution in [0.2, 0.25) is 0 Å². The van der Waals surface area contributed by atoms with Crippen LogP contribution in [-0.2, 0) is 0 Å². The second-order valence-corrected chi connectivity index (χ2v) is 6.23. The van der Waals surface area contributed by atoms with Gasteiger partial charge in [0.2, 0.25) is 0 Å². The number of hydrogen-bond donors (Lipinski definition) is 1. The minimum absolute atomic E-state index is 0.0128. The molecular weight excluding hydrogens is 312 g/mol. The number of pyridine rings is 1. The normalized spacial score (nSPS) is 14.5. The van der Waals surface area contributed by atoms with Gasteiger partial charge in [0.05, 0.1) is 29.9 Å². The summed E-state index contributed by atoms with van der Waals surface area (Å²) < 4.78 is 5.75. The Labute approximate surface area is 136 Å².